The molecule has 0 bridgehead atoms. The molecule has 1 heterocycles. The summed E-state index contributed by atoms with van der Waals surface area (Å²) in [5.41, 5.74) is 1.29. The van der Waals surface area contributed by atoms with E-state index in [1.807, 2.05) is 11.9 Å². The van der Waals surface area contributed by atoms with Gasteiger partial charge in [-0.15, -0.1) is 0 Å². The summed E-state index contributed by atoms with van der Waals surface area (Å²) in [6.45, 7) is 1.73. The quantitative estimate of drug-likeness (QED) is 0.254. The number of nitrogens with zero attached hydrogens (tertiary/aromatic N) is 5. The molecule has 1 aromatic heterocycles. The topological polar surface area (TPSA) is 85.3 Å². The van der Waals surface area contributed by atoms with E-state index in [4.69, 9.17) is 0 Å². The van der Waals surface area contributed by atoms with E-state index in [1.54, 1.807) is 6.07 Å². The van der Waals surface area contributed by atoms with E-state index in [2.05, 4.69) is 36.1 Å². The summed E-state index contributed by atoms with van der Waals surface area (Å²) in [4.78, 5) is 12.4. The fourth-order valence-electron chi connectivity index (χ4n) is 1.87. The van der Waals surface area contributed by atoms with Gasteiger partial charge in [-0.1, -0.05) is 0 Å². The van der Waals surface area contributed by atoms with Gasteiger partial charge >= 0.3 is 5.69 Å². The number of benzene rings is 1. The molecular formula is C12H18IN5O3. The molecule has 0 spiro atoms. The van der Waals surface area contributed by atoms with Gasteiger partial charge in [0.05, 0.1) is 44.8 Å². The Balaban J connectivity index is 0.00000220. The predicted octanol–water partition coefficient (Wildman–Crippen LogP) is -1.72. The highest BCUT2D eigenvalue weighted by Gasteiger charge is 2.21. The summed E-state index contributed by atoms with van der Waals surface area (Å²) in [5, 5.41) is 18.4. The number of hydrogen-bond acceptors (Lipinski definition) is 6. The van der Waals surface area contributed by atoms with Gasteiger partial charge in [-0.3, -0.25) is 10.1 Å². The molecule has 8 nitrogen and oxygen atoms in total. The minimum atomic E-state index is -0.484. The van der Waals surface area contributed by atoms with Crippen LogP contribution < -0.4 is 28.9 Å². The van der Waals surface area contributed by atoms with Crippen molar-refractivity contribution in [3.05, 3.63) is 22.2 Å². The third-order valence-electron chi connectivity index (χ3n) is 3.09. The monoisotopic (exact) mass is 407 g/mol. The van der Waals surface area contributed by atoms with Gasteiger partial charge in [0.2, 0.25) is 5.52 Å². The minimum Gasteiger partial charge on any atom is -1.00 e. The Morgan fingerprint density at radius 3 is 2.48 bits per heavy atom. The van der Waals surface area contributed by atoms with Crippen LogP contribution in [0.3, 0.4) is 0 Å². The van der Waals surface area contributed by atoms with Crippen LogP contribution in [0.5, 0.6) is 0 Å². The Morgan fingerprint density at radius 1 is 1.29 bits per heavy atom. The number of halogens is 1. The highest BCUT2D eigenvalue weighted by Crippen LogP contribution is 2.30. The van der Waals surface area contributed by atoms with Gasteiger partial charge in [-0.05, 0) is 16.4 Å². The molecule has 9 heteroatoms. The number of likely N-dealkylation sites (N-methyl/N-ethyl adjacent to an activating group) is 2. The van der Waals surface area contributed by atoms with Gasteiger partial charge in [0, 0.05) is 13.1 Å². The number of aromatic nitrogens is 2. The first-order valence-corrected chi connectivity index (χ1v) is 6.21. The number of fused-ring (bicyclic) bond motifs is 1. The largest absolute Gasteiger partial charge is 1.00 e. The van der Waals surface area contributed by atoms with E-state index in [9.17, 15) is 10.1 Å². The van der Waals surface area contributed by atoms with Crippen molar-refractivity contribution < 1.29 is 38.0 Å². The third kappa shape index (κ3) is 4.00. The van der Waals surface area contributed by atoms with Crippen LogP contribution in [0.2, 0.25) is 0 Å². The molecule has 0 N–H and O–H groups in total. The van der Waals surface area contributed by atoms with E-state index < -0.39 is 4.92 Å². The zero-order valence-corrected chi connectivity index (χ0v) is 14.6. The first kappa shape index (κ1) is 17.6. The standard InChI is InChI=1S/C12H18N5O3.HI/c1-15(7-8-17(2,3)4)9-5-6-10(16(18)19)12-11(9)13-20-14-12;/h5-6H,7-8H2,1-4H3;1H/q+1;/p-1. The van der Waals surface area contributed by atoms with Crippen molar-refractivity contribution in [2.24, 2.45) is 0 Å². The second-order valence-electron chi connectivity index (χ2n) is 5.76. The summed E-state index contributed by atoms with van der Waals surface area (Å²) in [6, 6.07) is 3.12. The maximum Gasteiger partial charge on any atom is 0.300 e. The highest BCUT2D eigenvalue weighted by atomic mass is 127. The Bertz CT molecular complexity index is 637. The molecule has 0 fully saturated rings. The van der Waals surface area contributed by atoms with E-state index in [0.717, 1.165) is 23.3 Å². The van der Waals surface area contributed by atoms with Gasteiger partial charge in [-0.2, -0.15) is 0 Å². The van der Waals surface area contributed by atoms with Crippen molar-refractivity contribution in [2.45, 2.75) is 0 Å². The third-order valence-corrected chi connectivity index (χ3v) is 3.09. The van der Waals surface area contributed by atoms with Crippen molar-refractivity contribution in [1.82, 2.24) is 10.3 Å². The molecular weight excluding hydrogens is 389 g/mol. The fraction of sp³-hybridized carbons (Fsp3) is 0.500. The lowest BCUT2D eigenvalue weighted by Gasteiger charge is -2.27. The molecule has 0 saturated carbocycles. The number of rotatable bonds is 5. The number of nitro benzene ring substituents is 1. The van der Waals surface area contributed by atoms with Gasteiger partial charge in [0.25, 0.3) is 0 Å². The van der Waals surface area contributed by atoms with Gasteiger partial charge in [0.1, 0.15) is 0 Å². The van der Waals surface area contributed by atoms with Crippen LogP contribution in [0, 0.1) is 10.1 Å². The van der Waals surface area contributed by atoms with E-state index in [-0.39, 0.29) is 35.2 Å². The lowest BCUT2D eigenvalue weighted by molar-refractivity contribution is -0.868. The summed E-state index contributed by atoms with van der Waals surface area (Å²) in [6.07, 6.45) is 0. The lowest BCUT2D eigenvalue weighted by atomic mass is 10.2. The summed E-state index contributed by atoms with van der Waals surface area (Å²) >= 11 is 0. The normalized spacial score (nSPS) is 11.2. The van der Waals surface area contributed by atoms with Crippen LogP contribution >= 0.6 is 0 Å². The molecule has 2 rings (SSSR count). The molecule has 0 unspecified atom stereocenters. The van der Waals surface area contributed by atoms with Crippen LogP contribution in [0.1, 0.15) is 0 Å². The van der Waals surface area contributed by atoms with E-state index >= 15 is 0 Å². The number of anilines is 1. The highest BCUT2D eigenvalue weighted by molar-refractivity contribution is 5.93. The number of hydrogen-bond donors (Lipinski definition) is 0. The smallest absolute Gasteiger partial charge is 0.300 e. The fourth-order valence-corrected chi connectivity index (χ4v) is 1.87. The molecule has 0 aliphatic heterocycles. The first-order valence-electron chi connectivity index (χ1n) is 6.21. The summed E-state index contributed by atoms with van der Waals surface area (Å²) in [5.74, 6) is 0. The molecule has 21 heavy (non-hydrogen) atoms. The SMILES string of the molecule is CN(CC[N+](C)(C)C)c1ccc([N+](=O)[O-])c2nonc12.[I-]. The predicted molar refractivity (Wildman–Crippen MR) is 74.6 cm³/mol. The minimum absolute atomic E-state index is 0. The zero-order valence-electron chi connectivity index (χ0n) is 12.4. The Hall–Kier alpha value is -1.49. The van der Waals surface area contributed by atoms with Crippen LogP contribution in [0.25, 0.3) is 11.0 Å². The van der Waals surface area contributed by atoms with E-state index in [0.29, 0.717) is 5.52 Å². The number of non-ortho nitro benzene ring substituents is 1. The maximum absolute atomic E-state index is 10.9. The molecule has 1 aromatic carbocycles. The van der Waals surface area contributed by atoms with Crippen LogP contribution in [0.4, 0.5) is 11.4 Å². The zero-order chi connectivity index (χ0) is 14.9. The molecule has 0 aliphatic rings. The first-order chi connectivity index (χ1) is 9.29. The molecule has 0 atom stereocenters. The molecule has 0 radical (unpaired) electrons. The Kier molecular flexibility index (Phi) is 5.45. The molecule has 0 amide bonds. The number of quaternary nitrogens is 1. The van der Waals surface area contributed by atoms with Crippen molar-refractivity contribution >= 4 is 22.4 Å². The molecule has 116 valence electrons. The van der Waals surface area contributed by atoms with Crippen molar-refractivity contribution in [1.29, 1.82) is 0 Å². The Labute approximate surface area is 139 Å². The molecule has 2 aromatic rings. The van der Waals surface area contributed by atoms with Gasteiger partial charge in [0.15, 0.2) is 5.52 Å². The lowest BCUT2D eigenvalue weighted by Crippen LogP contribution is -3.00. The van der Waals surface area contributed by atoms with Crippen molar-refractivity contribution in [2.75, 3.05) is 46.2 Å². The molecule has 0 aliphatic carbocycles. The Morgan fingerprint density at radius 2 is 1.90 bits per heavy atom. The average molecular weight is 407 g/mol. The summed E-state index contributed by atoms with van der Waals surface area (Å²) in [7, 11) is 8.25. The van der Waals surface area contributed by atoms with Crippen LogP contribution in [-0.4, -0.2) is 61.0 Å². The van der Waals surface area contributed by atoms with Crippen LogP contribution in [0.15, 0.2) is 16.8 Å². The van der Waals surface area contributed by atoms with Gasteiger partial charge < -0.3 is 33.4 Å². The summed E-state index contributed by atoms with van der Waals surface area (Å²) < 4.78 is 5.49. The van der Waals surface area contributed by atoms with Crippen LogP contribution in [-0.2, 0) is 0 Å². The molecule has 0 saturated heterocycles. The van der Waals surface area contributed by atoms with Gasteiger partial charge in [-0.25, -0.2) is 4.63 Å². The maximum atomic E-state index is 10.9. The number of nitro groups is 1. The second kappa shape index (κ2) is 6.52. The second-order valence-corrected chi connectivity index (χ2v) is 5.76. The average Bonchev–Trinajstić information content (AvgIpc) is 2.82. The van der Waals surface area contributed by atoms with E-state index in [1.165, 1.54) is 6.07 Å². The van der Waals surface area contributed by atoms with Crippen molar-refractivity contribution in [3.63, 3.8) is 0 Å². The van der Waals surface area contributed by atoms with Crippen molar-refractivity contribution in [3.8, 4) is 0 Å².